The first-order valence-corrected chi connectivity index (χ1v) is 13.1. The molecule has 0 unspecified atom stereocenters. The molecule has 2 saturated heterocycles. The van der Waals surface area contributed by atoms with Crippen molar-refractivity contribution in [3.63, 3.8) is 0 Å². The number of hydrogen-bond donors (Lipinski definition) is 1. The maximum atomic E-state index is 12.8. The first kappa shape index (κ1) is 23.3. The second-order valence-electron chi connectivity index (χ2n) is 10.9. The third-order valence-electron chi connectivity index (χ3n) is 8.50. The highest BCUT2D eigenvalue weighted by atomic mass is 16.3. The van der Waals surface area contributed by atoms with E-state index >= 15 is 0 Å². The molecule has 0 aliphatic carbocycles. The fourth-order valence-corrected chi connectivity index (χ4v) is 6.66. The maximum Gasteiger partial charge on any atom is 0.250 e. The number of nitrogens with zero attached hydrogens (tertiary/aromatic N) is 4. The molecule has 0 spiro atoms. The molecule has 2 aromatic heterocycles. The van der Waals surface area contributed by atoms with E-state index in [-0.39, 0.29) is 16.7 Å². The van der Waals surface area contributed by atoms with Crippen molar-refractivity contribution in [1.29, 1.82) is 0 Å². The van der Waals surface area contributed by atoms with Crippen LogP contribution in [-0.4, -0.2) is 50.2 Å². The van der Waals surface area contributed by atoms with Crippen molar-refractivity contribution >= 4 is 0 Å². The summed E-state index contributed by atoms with van der Waals surface area (Å²) in [6.45, 7) is 5.65. The maximum absolute atomic E-state index is 12.8. The van der Waals surface area contributed by atoms with E-state index in [0.29, 0.717) is 36.5 Å². The van der Waals surface area contributed by atoms with Crippen molar-refractivity contribution in [3.8, 4) is 5.75 Å². The highest BCUT2D eigenvalue weighted by Gasteiger charge is 2.35. The summed E-state index contributed by atoms with van der Waals surface area (Å²) < 4.78 is 3.97. The van der Waals surface area contributed by atoms with E-state index in [0.717, 1.165) is 57.0 Å². The van der Waals surface area contributed by atoms with Crippen LogP contribution in [0.25, 0.3) is 0 Å². The lowest BCUT2D eigenvalue weighted by Crippen LogP contribution is -2.47. The van der Waals surface area contributed by atoms with E-state index in [4.69, 9.17) is 0 Å². The number of aromatic hydroxyl groups is 1. The highest BCUT2D eigenvalue weighted by molar-refractivity contribution is 5.31. The Kier molecular flexibility index (Phi) is 6.05. The van der Waals surface area contributed by atoms with Gasteiger partial charge in [-0.05, 0) is 42.9 Å². The standard InChI is InChI=1S/C29H34N4O3/c1-30-24(18-32-14-20-12-23(17-32)25-8-5-9-28(35)33(25)15-20)13-27(34)29(36)26(30)19-31-11-10-22(16-31)21-6-3-2-4-7-21/h2-9,13,20,22-23,36H,10-12,14-19H2,1H3/t20-,22-,23-/m0/s1. The second-order valence-corrected chi connectivity index (χ2v) is 10.9. The lowest BCUT2D eigenvalue weighted by molar-refractivity contribution is 0.112. The number of likely N-dealkylation sites (tertiary alicyclic amines) is 2. The van der Waals surface area contributed by atoms with Crippen LogP contribution in [0.15, 0.2) is 64.2 Å². The van der Waals surface area contributed by atoms with Gasteiger partial charge in [-0.3, -0.25) is 19.4 Å². The molecule has 2 bridgehead atoms. The molecular formula is C29H34N4O3. The average Bonchev–Trinajstić information content (AvgIpc) is 3.35. The van der Waals surface area contributed by atoms with Gasteiger partial charge in [0.15, 0.2) is 5.75 Å². The summed E-state index contributed by atoms with van der Waals surface area (Å²) >= 11 is 0. The predicted molar refractivity (Wildman–Crippen MR) is 139 cm³/mol. The largest absolute Gasteiger partial charge is 0.503 e. The molecule has 3 aliphatic heterocycles. The lowest BCUT2D eigenvalue weighted by Gasteiger charge is -2.43. The van der Waals surface area contributed by atoms with Crippen LogP contribution in [0, 0.1) is 5.92 Å². The molecule has 36 heavy (non-hydrogen) atoms. The summed E-state index contributed by atoms with van der Waals surface area (Å²) in [6.07, 6.45) is 2.19. The zero-order valence-corrected chi connectivity index (χ0v) is 20.8. The van der Waals surface area contributed by atoms with Crippen LogP contribution in [-0.2, 0) is 26.7 Å². The molecule has 0 amide bonds. The monoisotopic (exact) mass is 486 g/mol. The summed E-state index contributed by atoms with van der Waals surface area (Å²) in [5, 5.41) is 10.7. The molecule has 7 nitrogen and oxygen atoms in total. The molecule has 3 atom stereocenters. The zero-order valence-electron chi connectivity index (χ0n) is 20.8. The van der Waals surface area contributed by atoms with Gasteiger partial charge in [-0.15, -0.1) is 0 Å². The summed E-state index contributed by atoms with van der Waals surface area (Å²) in [5.74, 6) is 1.12. The molecule has 3 aliphatic rings. The van der Waals surface area contributed by atoms with Gasteiger partial charge < -0.3 is 14.2 Å². The van der Waals surface area contributed by atoms with E-state index in [9.17, 15) is 14.7 Å². The van der Waals surface area contributed by atoms with Crippen molar-refractivity contribution in [2.24, 2.45) is 13.0 Å². The molecule has 188 valence electrons. The van der Waals surface area contributed by atoms with Crippen LogP contribution in [0.1, 0.15) is 47.3 Å². The van der Waals surface area contributed by atoms with Crippen molar-refractivity contribution in [2.75, 3.05) is 26.2 Å². The highest BCUT2D eigenvalue weighted by Crippen LogP contribution is 2.35. The zero-order chi connectivity index (χ0) is 24.8. The number of aromatic nitrogens is 2. The number of benzene rings is 1. The fraction of sp³-hybridized carbons (Fsp3) is 0.448. The Labute approximate surface area is 211 Å². The Morgan fingerprint density at radius 2 is 1.69 bits per heavy atom. The van der Waals surface area contributed by atoms with Gasteiger partial charge in [0.2, 0.25) is 5.43 Å². The number of fused-ring (bicyclic) bond motifs is 4. The third kappa shape index (κ3) is 4.31. The van der Waals surface area contributed by atoms with Crippen molar-refractivity contribution in [1.82, 2.24) is 18.9 Å². The van der Waals surface area contributed by atoms with Gasteiger partial charge in [0.1, 0.15) is 0 Å². The van der Waals surface area contributed by atoms with E-state index in [1.807, 2.05) is 28.3 Å². The first-order chi connectivity index (χ1) is 17.5. The minimum atomic E-state index is -0.300. The molecule has 1 aromatic carbocycles. The molecular weight excluding hydrogens is 452 g/mol. The molecule has 5 heterocycles. The Bertz CT molecular complexity index is 1380. The molecule has 7 heteroatoms. The summed E-state index contributed by atoms with van der Waals surface area (Å²) in [5.41, 5.74) is 3.90. The summed E-state index contributed by atoms with van der Waals surface area (Å²) in [4.78, 5) is 29.9. The first-order valence-electron chi connectivity index (χ1n) is 13.1. The van der Waals surface area contributed by atoms with E-state index in [2.05, 4.69) is 40.1 Å². The molecule has 1 N–H and O–H groups in total. The number of hydrogen-bond acceptors (Lipinski definition) is 5. The lowest BCUT2D eigenvalue weighted by atomic mass is 9.83. The second kappa shape index (κ2) is 9.37. The van der Waals surface area contributed by atoms with Gasteiger partial charge >= 0.3 is 0 Å². The SMILES string of the molecule is Cn1c(CN2C[C@@H]3C[C@@H](C2)c2cccc(=O)n2C3)cc(=O)c(O)c1CN1CC[C@H](c2ccccc2)C1. The van der Waals surface area contributed by atoms with Gasteiger partial charge in [0, 0.05) is 75.8 Å². The van der Waals surface area contributed by atoms with Crippen molar-refractivity contribution in [2.45, 2.75) is 44.3 Å². The fourth-order valence-electron chi connectivity index (χ4n) is 6.66. The van der Waals surface area contributed by atoms with Gasteiger partial charge in [-0.2, -0.15) is 0 Å². The van der Waals surface area contributed by atoms with Crippen LogP contribution in [0.4, 0.5) is 0 Å². The minimum absolute atomic E-state index is 0.0950. The van der Waals surface area contributed by atoms with Crippen LogP contribution >= 0.6 is 0 Å². The molecule has 0 radical (unpaired) electrons. The smallest absolute Gasteiger partial charge is 0.250 e. The summed E-state index contributed by atoms with van der Waals surface area (Å²) in [6, 6.07) is 17.8. The predicted octanol–water partition coefficient (Wildman–Crippen LogP) is 2.86. The van der Waals surface area contributed by atoms with Crippen LogP contribution in [0.3, 0.4) is 0 Å². The number of pyridine rings is 2. The Morgan fingerprint density at radius 1 is 0.889 bits per heavy atom. The Morgan fingerprint density at radius 3 is 2.53 bits per heavy atom. The van der Waals surface area contributed by atoms with Crippen molar-refractivity contribution in [3.05, 3.63) is 97.8 Å². The minimum Gasteiger partial charge on any atom is -0.503 e. The Hall–Kier alpha value is -3.16. The quantitative estimate of drug-likeness (QED) is 0.601. The van der Waals surface area contributed by atoms with E-state index < -0.39 is 0 Å². The molecule has 6 rings (SSSR count). The van der Waals surface area contributed by atoms with Crippen LogP contribution < -0.4 is 11.0 Å². The van der Waals surface area contributed by atoms with Crippen molar-refractivity contribution < 1.29 is 5.11 Å². The number of piperidine rings is 1. The van der Waals surface area contributed by atoms with Gasteiger partial charge in [0.25, 0.3) is 5.56 Å². The van der Waals surface area contributed by atoms with Gasteiger partial charge in [-0.1, -0.05) is 36.4 Å². The topological polar surface area (TPSA) is 70.7 Å². The molecule has 2 fully saturated rings. The summed E-state index contributed by atoms with van der Waals surface area (Å²) in [7, 11) is 1.97. The van der Waals surface area contributed by atoms with Crippen LogP contribution in [0.2, 0.25) is 0 Å². The van der Waals surface area contributed by atoms with Gasteiger partial charge in [0.05, 0.1) is 5.69 Å². The average molecular weight is 487 g/mol. The normalized spacial score (nSPS) is 24.1. The van der Waals surface area contributed by atoms with E-state index in [1.54, 1.807) is 12.1 Å². The van der Waals surface area contributed by atoms with Crippen LogP contribution in [0.5, 0.6) is 5.75 Å². The molecule has 0 saturated carbocycles. The third-order valence-corrected chi connectivity index (χ3v) is 8.50. The van der Waals surface area contributed by atoms with E-state index in [1.165, 1.54) is 5.56 Å². The number of rotatable bonds is 5. The molecule has 3 aromatic rings. The Balaban J connectivity index is 1.20. The van der Waals surface area contributed by atoms with Gasteiger partial charge in [-0.25, -0.2) is 0 Å².